The van der Waals surface area contributed by atoms with Gasteiger partial charge in [0.05, 0.1) is 6.61 Å². The molecule has 0 aliphatic heterocycles. The molecule has 0 bridgehead atoms. The molecular formula is C46H83O19P3. The fourth-order valence-corrected chi connectivity index (χ4v) is 9.33. The predicted octanol–water partition coefficient (Wildman–Crippen LogP) is 9.01. The summed E-state index contributed by atoms with van der Waals surface area (Å²) < 4.78 is 65.5. The molecule has 6 unspecified atom stereocenters. The average Bonchev–Trinajstić information content (AvgIpc) is 3.27. The number of phosphoric ester groups is 3. The van der Waals surface area contributed by atoms with E-state index in [1.807, 2.05) is 18.2 Å². The largest absolute Gasteiger partial charge is 0.472 e. The molecule has 0 spiro atoms. The second-order valence-electron chi connectivity index (χ2n) is 17.0. The van der Waals surface area contributed by atoms with Gasteiger partial charge in [0.15, 0.2) is 6.10 Å². The Morgan fingerprint density at radius 3 is 1.28 bits per heavy atom. The monoisotopic (exact) mass is 1030 g/mol. The van der Waals surface area contributed by atoms with Crippen LogP contribution in [0.25, 0.3) is 0 Å². The van der Waals surface area contributed by atoms with E-state index >= 15 is 0 Å². The molecule has 0 aromatic rings. The third-order valence-corrected chi connectivity index (χ3v) is 12.9. The normalized spacial score (nSPS) is 21.9. The summed E-state index contributed by atoms with van der Waals surface area (Å²) in [5.74, 6) is -1.37. The molecule has 0 amide bonds. The first-order valence-electron chi connectivity index (χ1n) is 24.4. The molecule has 0 saturated heterocycles. The zero-order chi connectivity index (χ0) is 50.7. The number of allylic oxidation sites excluding steroid dienone is 8. The lowest BCUT2D eigenvalue weighted by Gasteiger charge is -2.44. The minimum absolute atomic E-state index is 0.0647. The standard InChI is InChI=1S/C46H83O19P3/c1-3-5-7-9-11-13-15-17-19-20-21-23-25-27-29-31-33-35-40(48)62-38(36-60-39(47)34-32-30-28-26-24-22-18-16-14-12-10-8-6-4-2)37-61-68(58,59)65-46-42(50)44(63-66(52,53)54)41(49)45(43(46)51)64-67(55,56)57/h11,13,17,19,21,23,27,29,38,41-46,49-51H,3-10,12,14-16,18,20,22,24-26,28,30-37H2,1-2H3,(H,58,59)(H2,52,53,54)(H2,55,56,57)/b13-11-,19-17-,23-21-,29-27-/t38-,41?,42?,43?,44-,45?,46?/m1/s1. The Morgan fingerprint density at radius 2 is 0.838 bits per heavy atom. The molecule has 0 radical (unpaired) electrons. The van der Waals surface area contributed by atoms with Crippen LogP contribution >= 0.6 is 23.5 Å². The fourth-order valence-electron chi connectivity index (χ4n) is 7.23. The van der Waals surface area contributed by atoms with E-state index in [1.54, 1.807) is 0 Å². The van der Waals surface area contributed by atoms with Gasteiger partial charge in [0, 0.05) is 12.8 Å². The highest BCUT2D eigenvalue weighted by Gasteiger charge is 2.56. The van der Waals surface area contributed by atoms with Crippen molar-refractivity contribution in [3.8, 4) is 0 Å². The van der Waals surface area contributed by atoms with Gasteiger partial charge in [0.1, 0.15) is 43.2 Å². The van der Waals surface area contributed by atoms with Crippen molar-refractivity contribution in [3.05, 3.63) is 48.6 Å². The Labute approximate surface area is 403 Å². The van der Waals surface area contributed by atoms with Gasteiger partial charge in [-0.2, -0.15) is 0 Å². The minimum atomic E-state index is -5.56. The number of carbonyl (C=O) groups is 2. The zero-order valence-electron chi connectivity index (χ0n) is 40.2. The van der Waals surface area contributed by atoms with E-state index in [0.717, 1.165) is 44.9 Å². The fraction of sp³-hybridized carbons (Fsp3) is 0.783. The van der Waals surface area contributed by atoms with Crippen LogP contribution in [0.4, 0.5) is 0 Å². The number of carbonyl (C=O) groups excluding carboxylic acids is 2. The number of phosphoric acid groups is 3. The number of hydrogen-bond acceptors (Lipinski definition) is 14. The van der Waals surface area contributed by atoms with Gasteiger partial charge in [-0.1, -0.05) is 159 Å². The van der Waals surface area contributed by atoms with Crippen LogP contribution in [0.1, 0.15) is 174 Å². The molecule has 8 N–H and O–H groups in total. The Morgan fingerprint density at radius 1 is 0.471 bits per heavy atom. The summed E-state index contributed by atoms with van der Waals surface area (Å²) in [4.78, 5) is 73.3. The number of aliphatic hydroxyl groups excluding tert-OH is 3. The van der Waals surface area contributed by atoms with E-state index in [9.17, 15) is 63.1 Å². The molecule has 0 heterocycles. The van der Waals surface area contributed by atoms with Crippen LogP contribution in [0.15, 0.2) is 48.6 Å². The lowest BCUT2D eigenvalue weighted by molar-refractivity contribution is -0.213. The molecule has 1 fully saturated rings. The van der Waals surface area contributed by atoms with Crippen molar-refractivity contribution in [2.45, 2.75) is 217 Å². The molecule has 19 nitrogen and oxygen atoms in total. The van der Waals surface area contributed by atoms with Crippen LogP contribution < -0.4 is 0 Å². The van der Waals surface area contributed by atoms with Gasteiger partial charge >= 0.3 is 35.4 Å². The van der Waals surface area contributed by atoms with Crippen LogP contribution in [0.2, 0.25) is 0 Å². The van der Waals surface area contributed by atoms with Crippen molar-refractivity contribution in [1.82, 2.24) is 0 Å². The third kappa shape index (κ3) is 33.7. The van der Waals surface area contributed by atoms with Gasteiger partial charge in [0.2, 0.25) is 0 Å². The molecule has 8 atom stereocenters. The van der Waals surface area contributed by atoms with E-state index in [1.165, 1.54) is 77.0 Å². The maximum atomic E-state index is 13.1. The van der Waals surface area contributed by atoms with Crippen molar-refractivity contribution in [3.63, 3.8) is 0 Å². The number of aliphatic hydroxyl groups is 3. The molecule has 0 aromatic heterocycles. The summed E-state index contributed by atoms with van der Waals surface area (Å²) in [7, 11) is -16.6. The van der Waals surface area contributed by atoms with Gasteiger partial charge in [-0.3, -0.25) is 27.7 Å². The minimum Gasteiger partial charge on any atom is -0.462 e. The predicted molar refractivity (Wildman–Crippen MR) is 257 cm³/mol. The van der Waals surface area contributed by atoms with Crippen LogP contribution in [-0.4, -0.2) is 108 Å². The summed E-state index contributed by atoms with van der Waals surface area (Å²) in [6, 6.07) is 0. The number of esters is 2. The van der Waals surface area contributed by atoms with Gasteiger partial charge in [-0.05, 0) is 51.4 Å². The molecule has 1 saturated carbocycles. The van der Waals surface area contributed by atoms with Crippen molar-refractivity contribution in [2.75, 3.05) is 13.2 Å². The molecule has 68 heavy (non-hydrogen) atoms. The Kier molecular flexibility index (Phi) is 35.7. The first kappa shape index (κ1) is 64.1. The molecule has 396 valence electrons. The quantitative estimate of drug-likeness (QED) is 0.0123. The second kappa shape index (κ2) is 37.8. The molecule has 22 heteroatoms. The topological polar surface area (TPSA) is 303 Å². The van der Waals surface area contributed by atoms with Gasteiger partial charge in [-0.15, -0.1) is 0 Å². The molecule has 1 aliphatic rings. The molecule has 1 aliphatic carbocycles. The van der Waals surface area contributed by atoms with Crippen LogP contribution in [0, 0.1) is 0 Å². The molecule has 1 rings (SSSR count). The van der Waals surface area contributed by atoms with Gasteiger partial charge in [0.25, 0.3) is 0 Å². The van der Waals surface area contributed by atoms with E-state index in [-0.39, 0.29) is 12.8 Å². The van der Waals surface area contributed by atoms with Crippen molar-refractivity contribution in [1.29, 1.82) is 0 Å². The highest BCUT2D eigenvalue weighted by Crippen LogP contribution is 2.51. The highest BCUT2D eigenvalue weighted by molar-refractivity contribution is 7.47. The summed E-state index contributed by atoms with van der Waals surface area (Å²) in [6.45, 7) is 2.85. The lowest BCUT2D eigenvalue weighted by atomic mass is 9.85. The van der Waals surface area contributed by atoms with Crippen LogP contribution in [-0.2, 0) is 50.9 Å². The van der Waals surface area contributed by atoms with Crippen molar-refractivity contribution < 1.29 is 90.6 Å². The molecular weight excluding hydrogens is 949 g/mol. The Bertz CT molecular complexity index is 1570. The third-order valence-electron chi connectivity index (χ3n) is 10.9. The average molecular weight is 1030 g/mol. The first-order valence-corrected chi connectivity index (χ1v) is 29.0. The molecule has 0 aromatic carbocycles. The first-order chi connectivity index (χ1) is 32.3. The zero-order valence-corrected chi connectivity index (χ0v) is 42.8. The maximum Gasteiger partial charge on any atom is 0.472 e. The Hall–Kier alpha value is -1.89. The van der Waals surface area contributed by atoms with E-state index in [0.29, 0.717) is 25.7 Å². The lowest BCUT2D eigenvalue weighted by Crippen LogP contribution is -2.65. The summed E-state index contributed by atoms with van der Waals surface area (Å²) >= 11 is 0. The van der Waals surface area contributed by atoms with E-state index in [2.05, 4.69) is 53.3 Å². The van der Waals surface area contributed by atoms with Gasteiger partial charge < -0.3 is 49.3 Å². The SMILES string of the molecule is CCCCC/C=C\C/C=C\C/C=C\C/C=C\CCCC(=O)O[C@H](COC(=O)CCCCCCCCCCCCCCCC)COP(=O)(O)OC1C(O)C(OP(=O)(O)O)C(O)[C@@H](OP(=O)(O)O)C1O. The summed E-state index contributed by atoms with van der Waals surface area (Å²) in [5, 5.41) is 31.9. The van der Waals surface area contributed by atoms with E-state index < -0.39 is 91.3 Å². The number of hydrogen-bond donors (Lipinski definition) is 8. The van der Waals surface area contributed by atoms with Crippen LogP contribution in [0.3, 0.4) is 0 Å². The van der Waals surface area contributed by atoms with Crippen LogP contribution in [0.5, 0.6) is 0 Å². The Balaban J connectivity index is 2.78. The number of rotatable bonds is 41. The number of ether oxygens (including phenoxy) is 2. The van der Waals surface area contributed by atoms with Gasteiger partial charge in [-0.25, -0.2) is 13.7 Å². The maximum absolute atomic E-state index is 13.1. The highest BCUT2D eigenvalue weighted by atomic mass is 31.2. The summed E-state index contributed by atoms with van der Waals surface area (Å²) in [5.41, 5.74) is 0. The summed E-state index contributed by atoms with van der Waals surface area (Å²) in [6.07, 6.45) is 24.1. The van der Waals surface area contributed by atoms with Crippen molar-refractivity contribution >= 4 is 35.4 Å². The van der Waals surface area contributed by atoms with Crippen molar-refractivity contribution in [2.24, 2.45) is 0 Å². The van der Waals surface area contributed by atoms with E-state index in [4.69, 9.17) is 18.5 Å². The smallest absolute Gasteiger partial charge is 0.462 e. The number of unbranched alkanes of at least 4 members (excludes halogenated alkanes) is 17. The second-order valence-corrected chi connectivity index (χ2v) is 20.8.